The van der Waals surface area contributed by atoms with Crippen LogP contribution in [0.3, 0.4) is 0 Å². The summed E-state index contributed by atoms with van der Waals surface area (Å²) >= 11 is 2.99. The van der Waals surface area contributed by atoms with Gasteiger partial charge in [0.15, 0.2) is 11.6 Å². The first-order chi connectivity index (χ1) is 9.06. The molecule has 1 unspecified atom stereocenters. The summed E-state index contributed by atoms with van der Waals surface area (Å²) < 4.78 is 27.3. The fourth-order valence-corrected chi connectivity index (χ4v) is 2.56. The summed E-state index contributed by atoms with van der Waals surface area (Å²) in [6.45, 7) is 1.89. The number of nitrogens with one attached hydrogen (secondary N) is 2. The molecule has 1 atom stereocenters. The maximum atomic E-state index is 13.5. The van der Waals surface area contributed by atoms with Crippen LogP contribution in [0.4, 0.5) is 14.5 Å². The van der Waals surface area contributed by atoms with Gasteiger partial charge in [0.05, 0.1) is 0 Å². The van der Waals surface area contributed by atoms with E-state index in [0.717, 1.165) is 38.1 Å². The van der Waals surface area contributed by atoms with E-state index in [9.17, 15) is 13.6 Å². The van der Waals surface area contributed by atoms with Crippen LogP contribution in [-0.4, -0.2) is 19.0 Å². The minimum Gasteiger partial charge on any atom is -0.321 e. The van der Waals surface area contributed by atoms with Crippen molar-refractivity contribution in [3.05, 3.63) is 28.2 Å². The van der Waals surface area contributed by atoms with Crippen LogP contribution in [0.15, 0.2) is 16.6 Å². The van der Waals surface area contributed by atoms with Gasteiger partial charge in [0, 0.05) is 10.9 Å². The molecular weight excluding hydrogens is 318 g/mol. The van der Waals surface area contributed by atoms with Gasteiger partial charge < -0.3 is 10.6 Å². The summed E-state index contributed by atoms with van der Waals surface area (Å²) in [6.07, 6.45) is 2.06. The van der Waals surface area contributed by atoms with E-state index in [0.29, 0.717) is 10.4 Å². The Morgan fingerprint density at radius 2 is 2.11 bits per heavy atom. The zero-order chi connectivity index (χ0) is 13.8. The number of amides is 1. The molecular formula is C13H15BrF2N2O. The third kappa shape index (κ3) is 3.98. The fourth-order valence-electron chi connectivity index (χ4n) is 2.16. The Morgan fingerprint density at radius 1 is 1.42 bits per heavy atom. The number of hydrogen-bond acceptors (Lipinski definition) is 2. The highest BCUT2D eigenvalue weighted by molar-refractivity contribution is 9.10. The second kappa shape index (κ2) is 6.43. The number of hydrogen-bond donors (Lipinski definition) is 2. The highest BCUT2D eigenvalue weighted by atomic mass is 79.9. The number of halogens is 3. The first kappa shape index (κ1) is 14.4. The monoisotopic (exact) mass is 332 g/mol. The number of carbonyl (C=O) groups excluding carboxylic acids is 1. The van der Waals surface area contributed by atoms with Gasteiger partial charge in [0.25, 0.3) is 0 Å². The number of anilines is 1. The molecule has 1 amide bonds. The van der Waals surface area contributed by atoms with Crippen molar-refractivity contribution in [3.63, 3.8) is 0 Å². The summed E-state index contributed by atoms with van der Waals surface area (Å²) in [4.78, 5) is 11.7. The maximum absolute atomic E-state index is 13.5. The van der Waals surface area contributed by atoms with Gasteiger partial charge in [-0.2, -0.15) is 0 Å². The zero-order valence-electron chi connectivity index (χ0n) is 10.3. The molecule has 1 fully saturated rings. The third-order valence-corrected chi connectivity index (χ3v) is 3.67. The van der Waals surface area contributed by atoms with E-state index < -0.39 is 11.6 Å². The molecule has 0 bridgehead atoms. The number of rotatable bonds is 4. The summed E-state index contributed by atoms with van der Waals surface area (Å²) in [5.74, 6) is -1.43. The van der Waals surface area contributed by atoms with Gasteiger partial charge in [-0.15, -0.1) is 0 Å². The standard InChI is InChI=1S/C13H15BrF2N2O/c14-9-5-10(15)13(11(16)6-9)18-12(19)2-1-8-3-4-17-7-8/h5-6,8,17H,1-4,7H2,(H,18,19). The molecule has 0 aliphatic carbocycles. The van der Waals surface area contributed by atoms with Crippen molar-refractivity contribution < 1.29 is 13.6 Å². The first-order valence-electron chi connectivity index (χ1n) is 6.21. The number of benzene rings is 1. The molecule has 1 heterocycles. The van der Waals surface area contributed by atoms with Crippen molar-refractivity contribution in [3.8, 4) is 0 Å². The molecule has 0 saturated carbocycles. The van der Waals surface area contributed by atoms with Crippen molar-refractivity contribution in [2.24, 2.45) is 5.92 Å². The van der Waals surface area contributed by atoms with Gasteiger partial charge in [0.1, 0.15) is 5.69 Å². The molecule has 2 rings (SSSR count). The minimum absolute atomic E-state index is 0.279. The van der Waals surface area contributed by atoms with Gasteiger partial charge >= 0.3 is 0 Å². The van der Waals surface area contributed by atoms with Gasteiger partial charge in [-0.3, -0.25) is 4.79 Å². The van der Waals surface area contributed by atoms with E-state index >= 15 is 0 Å². The SMILES string of the molecule is O=C(CCC1CCNC1)Nc1c(F)cc(Br)cc1F. The molecule has 1 aromatic rings. The lowest BCUT2D eigenvalue weighted by Crippen LogP contribution is -2.16. The summed E-state index contributed by atoms with van der Waals surface area (Å²) in [5.41, 5.74) is -0.377. The first-order valence-corrected chi connectivity index (χ1v) is 7.00. The van der Waals surface area contributed by atoms with Crippen molar-refractivity contribution in [2.45, 2.75) is 19.3 Å². The lowest BCUT2D eigenvalue weighted by atomic mass is 10.0. The predicted octanol–water partition coefficient (Wildman–Crippen LogP) is 3.06. The molecule has 19 heavy (non-hydrogen) atoms. The second-order valence-electron chi connectivity index (χ2n) is 4.69. The smallest absolute Gasteiger partial charge is 0.224 e. The molecule has 104 valence electrons. The van der Waals surface area contributed by atoms with Crippen LogP contribution >= 0.6 is 15.9 Å². The Morgan fingerprint density at radius 3 is 2.68 bits per heavy atom. The molecule has 1 aliphatic heterocycles. The molecule has 6 heteroatoms. The van der Waals surface area contributed by atoms with Gasteiger partial charge in [-0.05, 0) is 44.0 Å². The van der Waals surface area contributed by atoms with Crippen LogP contribution in [0, 0.1) is 17.6 Å². The van der Waals surface area contributed by atoms with Crippen LogP contribution in [0.25, 0.3) is 0 Å². The van der Waals surface area contributed by atoms with E-state index in [1.54, 1.807) is 0 Å². The van der Waals surface area contributed by atoms with E-state index in [4.69, 9.17) is 0 Å². The largest absolute Gasteiger partial charge is 0.321 e. The topological polar surface area (TPSA) is 41.1 Å². The molecule has 3 nitrogen and oxygen atoms in total. The Balaban J connectivity index is 1.91. The molecule has 1 aromatic carbocycles. The van der Waals surface area contributed by atoms with E-state index in [1.807, 2.05) is 0 Å². The van der Waals surface area contributed by atoms with Gasteiger partial charge in [-0.1, -0.05) is 15.9 Å². The molecule has 0 radical (unpaired) electrons. The molecule has 0 aromatic heterocycles. The highest BCUT2D eigenvalue weighted by Gasteiger charge is 2.17. The van der Waals surface area contributed by atoms with Crippen LogP contribution < -0.4 is 10.6 Å². The van der Waals surface area contributed by atoms with Crippen LogP contribution in [-0.2, 0) is 4.79 Å². The molecule has 1 aliphatic rings. The van der Waals surface area contributed by atoms with E-state index in [2.05, 4.69) is 26.6 Å². The van der Waals surface area contributed by atoms with Gasteiger partial charge in [0.2, 0.25) is 5.91 Å². The summed E-state index contributed by atoms with van der Waals surface area (Å²) in [5, 5.41) is 5.51. The van der Waals surface area contributed by atoms with Crippen molar-refractivity contribution in [1.29, 1.82) is 0 Å². The molecule has 1 saturated heterocycles. The van der Waals surface area contributed by atoms with Gasteiger partial charge in [-0.25, -0.2) is 8.78 Å². The van der Waals surface area contributed by atoms with E-state index in [-0.39, 0.29) is 18.0 Å². The predicted molar refractivity (Wildman–Crippen MR) is 72.9 cm³/mol. The molecule has 2 N–H and O–H groups in total. The van der Waals surface area contributed by atoms with E-state index in [1.165, 1.54) is 0 Å². The van der Waals surface area contributed by atoms with Crippen LogP contribution in [0.1, 0.15) is 19.3 Å². The Kier molecular flexibility index (Phi) is 4.87. The molecule has 0 spiro atoms. The zero-order valence-corrected chi connectivity index (χ0v) is 11.9. The van der Waals surface area contributed by atoms with Crippen LogP contribution in [0.5, 0.6) is 0 Å². The summed E-state index contributed by atoms with van der Waals surface area (Å²) in [7, 11) is 0. The minimum atomic E-state index is -0.775. The summed E-state index contributed by atoms with van der Waals surface area (Å²) in [6, 6.07) is 2.25. The average Bonchev–Trinajstić information content (AvgIpc) is 2.84. The number of carbonyl (C=O) groups is 1. The second-order valence-corrected chi connectivity index (χ2v) is 5.61. The Labute approximate surface area is 118 Å². The van der Waals surface area contributed by atoms with Crippen molar-refractivity contribution in [2.75, 3.05) is 18.4 Å². The van der Waals surface area contributed by atoms with Crippen molar-refractivity contribution >= 4 is 27.5 Å². The maximum Gasteiger partial charge on any atom is 0.224 e. The highest BCUT2D eigenvalue weighted by Crippen LogP contribution is 2.24. The van der Waals surface area contributed by atoms with Crippen molar-refractivity contribution in [1.82, 2.24) is 5.32 Å². The fraction of sp³-hybridized carbons (Fsp3) is 0.462. The average molecular weight is 333 g/mol. The lowest BCUT2D eigenvalue weighted by molar-refractivity contribution is -0.116. The Bertz CT molecular complexity index is 453. The normalized spacial score (nSPS) is 18.6. The Hall–Kier alpha value is -1.01. The third-order valence-electron chi connectivity index (χ3n) is 3.21. The van der Waals surface area contributed by atoms with Crippen LogP contribution in [0.2, 0.25) is 0 Å². The quantitative estimate of drug-likeness (QED) is 0.889. The lowest BCUT2D eigenvalue weighted by Gasteiger charge is -2.10.